The van der Waals surface area contributed by atoms with Gasteiger partial charge >= 0.3 is 0 Å². The van der Waals surface area contributed by atoms with E-state index in [1.54, 1.807) is 12.3 Å². The maximum Gasteiger partial charge on any atom is 0.164 e. The monoisotopic (exact) mass is 301 g/mol. The van der Waals surface area contributed by atoms with Gasteiger partial charge in [0, 0.05) is 44.6 Å². The van der Waals surface area contributed by atoms with Gasteiger partial charge in [-0.25, -0.2) is 4.39 Å². The molecule has 0 bridgehead atoms. The van der Waals surface area contributed by atoms with E-state index in [-0.39, 0.29) is 5.75 Å². The van der Waals surface area contributed by atoms with Crippen molar-refractivity contribution < 1.29 is 9.50 Å². The van der Waals surface area contributed by atoms with E-state index in [1.807, 2.05) is 12.3 Å². The van der Waals surface area contributed by atoms with E-state index in [0.717, 1.165) is 38.2 Å². The number of phenols is 1. The lowest BCUT2D eigenvalue weighted by atomic mass is 10.0. The van der Waals surface area contributed by atoms with Crippen molar-refractivity contribution >= 4 is 0 Å². The summed E-state index contributed by atoms with van der Waals surface area (Å²) in [7, 11) is 0. The molecular formula is C17H20FN3O. The zero-order valence-electron chi connectivity index (χ0n) is 12.4. The topological polar surface area (TPSA) is 48.4 Å². The Morgan fingerprint density at radius 2 is 2.23 bits per heavy atom. The molecule has 5 heteroatoms. The first kappa shape index (κ1) is 14.9. The van der Waals surface area contributed by atoms with Crippen LogP contribution in [0.3, 0.4) is 0 Å². The number of nitrogens with zero attached hydrogens (tertiary/aromatic N) is 2. The first-order chi connectivity index (χ1) is 10.7. The zero-order chi connectivity index (χ0) is 15.4. The molecule has 1 aromatic heterocycles. The summed E-state index contributed by atoms with van der Waals surface area (Å²) in [4.78, 5) is 6.54. The molecule has 1 atom stereocenters. The summed E-state index contributed by atoms with van der Waals surface area (Å²) >= 11 is 0. The highest BCUT2D eigenvalue weighted by molar-refractivity contribution is 5.29. The summed E-state index contributed by atoms with van der Waals surface area (Å²) in [5.41, 5.74) is 2.15. The molecule has 1 aromatic carbocycles. The molecule has 1 aliphatic rings. The summed E-state index contributed by atoms with van der Waals surface area (Å²) < 4.78 is 13.1. The number of phenolic OH excluding ortho intramolecular Hbond substituents is 1. The van der Waals surface area contributed by atoms with Gasteiger partial charge < -0.3 is 10.4 Å². The molecule has 0 saturated carbocycles. The molecule has 116 valence electrons. The molecular weight excluding hydrogens is 281 g/mol. The molecule has 0 aliphatic carbocycles. The van der Waals surface area contributed by atoms with Crippen LogP contribution in [0.1, 0.15) is 11.1 Å². The summed E-state index contributed by atoms with van der Waals surface area (Å²) in [5, 5.41) is 12.9. The molecule has 2 aromatic rings. The first-order valence-electron chi connectivity index (χ1n) is 7.53. The number of hydrogen-bond acceptors (Lipinski definition) is 4. The lowest BCUT2D eigenvalue weighted by molar-refractivity contribution is 0.191. The highest BCUT2D eigenvalue weighted by Crippen LogP contribution is 2.18. The van der Waals surface area contributed by atoms with E-state index >= 15 is 0 Å². The van der Waals surface area contributed by atoms with Crippen molar-refractivity contribution in [3.05, 3.63) is 59.7 Å². The van der Waals surface area contributed by atoms with E-state index in [9.17, 15) is 9.50 Å². The van der Waals surface area contributed by atoms with E-state index in [4.69, 9.17) is 0 Å². The van der Waals surface area contributed by atoms with Crippen LogP contribution in [0.4, 0.5) is 4.39 Å². The normalized spacial score (nSPS) is 19.2. The third-order valence-electron chi connectivity index (χ3n) is 3.96. The Kier molecular flexibility index (Phi) is 4.65. The average Bonchev–Trinajstić information content (AvgIpc) is 2.52. The van der Waals surface area contributed by atoms with Gasteiger partial charge in [0.2, 0.25) is 0 Å². The number of pyridine rings is 1. The van der Waals surface area contributed by atoms with Crippen molar-refractivity contribution in [3.63, 3.8) is 0 Å². The van der Waals surface area contributed by atoms with Gasteiger partial charge in [-0.15, -0.1) is 0 Å². The number of benzene rings is 1. The van der Waals surface area contributed by atoms with E-state index < -0.39 is 5.82 Å². The molecule has 1 aliphatic heterocycles. The highest BCUT2D eigenvalue weighted by Gasteiger charge is 2.20. The molecule has 22 heavy (non-hydrogen) atoms. The average molecular weight is 301 g/mol. The minimum atomic E-state index is -0.571. The number of rotatable bonds is 4. The third kappa shape index (κ3) is 3.81. The molecule has 0 spiro atoms. The van der Waals surface area contributed by atoms with Crippen LogP contribution in [0.15, 0.2) is 42.7 Å². The minimum absolute atomic E-state index is 0.277. The Morgan fingerprint density at radius 1 is 1.32 bits per heavy atom. The molecule has 3 rings (SSSR count). The Bertz CT molecular complexity index is 621. The van der Waals surface area contributed by atoms with Gasteiger partial charge in [-0.1, -0.05) is 12.1 Å². The molecule has 1 saturated heterocycles. The number of nitrogens with one attached hydrogen (secondary N) is 1. The van der Waals surface area contributed by atoms with Crippen molar-refractivity contribution in [2.45, 2.75) is 19.0 Å². The van der Waals surface area contributed by atoms with Crippen LogP contribution < -0.4 is 5.32 Å². The molecule has 1 fully saturated rings. The van der Waals surface area contributed by atoms with Gasteiger partial charge in [0.15, 0.2) is 11.6 Å². The predicted octanol–water partition coefficient (Wildman–Crippen LogP) is 1.94. The Morgan fingerprint density at radius 3 is 3.00 bits per heavy atom. The minimum Gasteiger partial charge on any atom is -0.505 e. The molecule has 2 heterocycles. The van der Waals surface area contributed by atoms with Crippen LogP contribution >= 0.6 is 0 Å². The highest BCUT2D eigenvalue weighted by atomic mass is 19.1. The fraction of sp³-hybridized carbons (Fsp3) is 0.353. The lowest BCUT2D eigenvalue weighted by Gasteiger charge is -2.33. The fourth-order valence-corrected chi connectivity index (χ4v) is 2.89. The predicted molar refractivity (Wildman–Crippen MR) is 83.1 cm³/mol. The van der Waals surface area contributed by atoms with Crippen LogP contribution in [0.2, 0.25) is 0 Å². The van der Waals surface area contributed by atoms with E-state index in [2.05, 4.69) is 21.3 Å². The lowest BCUT2D eigenvalue weighted by Crippen LogP contribution is -2.51. The Balaban J connectivity index is 1.59. The molecule has 2 N–H and O–H groups in total. The standard InChI is InChI=1S/C17H20FN3O/c18-16-4-3-13(9-17(16)22)8-15-12-21(7-6-20-15)11-14-2-1-5-19-10-14/h1-5,9-10,15,20,22H,6-8,11-12H2. The van der Waals surface area contributed by atoms with Crippen LogP contribution in [0, 0.1) is 5.82 Å². The zero-order valence-corrected chi connectivity index (χ0v) is 12.4. The number of piperazine rings is 1. The smallest absolute Gasteiger partial charge is 0.164 e. The van der Waals surface area contributed by atoms with Gasteiger partial charge in [0.1, 0.15) is 0 Å². The second-order valence-corrected chi connectivity index (χ2v) is 5.74. The summed E-state index contributed by atoms with van der Waals surface area (Å²) in [6.45, 7) is 3.74. The third-order valence-corrected chi connectivity index (χ3v) is 3.96. The van der Waals surface area contributed by atoms with Gasteiger partial charge in [0.25, 0.3) is 0 Å². The fourth-order valence-electron chi connectivity index (χ4n) is 2.89. The van der Waals surface area contributed by atoms with Crippen molar-refractivity contribution in [3.8, 4) is 5.75 Å². The van der Waals surface area contributed by atoms with E-state index in [0.29, 0.717) is 6.04 Å². The summed E-state index contributed by atoms with van der Waals surface area (Å²) in [6.07, 6.45) is 4.46. The second kappa shape index (κ2) is 6.85. The Labute approximate surface area is 129 Å². The quantitative estimate of drug-likeness (QED) is 0.906. The van der Waals surface area contributed by atoms with Gasteiger partial charge in [-0.3, -0.25) is 9.88 Å². The van der Waals surface area contributed by atoms with Crippen LogP contribution in [-0.2, 0) is 13.0 Å². The number of aromatic hydroxyl groups is 1. The Hall–Kier alpha value is -1.98. The SMILES string of the molecule is Oc1cc(CC2CN(Cc3cccnc3)CCN2)ccc1F. The maximum atomic E-state index is 13.1. The van der Waals surface area contributed by atoms with Crippen molar-refractivity contribution in [1.29, 1.82) is 0 Å². The van der Waals surface area contributed by atoms with Gasteiger partial charge in [-0.2, -0.15) is 0 Å². The van der Waals surface area contributed by atoms with E-state index in [1.165, 1.54) is 17.7 Å². The number of aromatic nitrogens is 1. The second-order valence-electron chi connectivity index (χ2n) is 5.74. The largest absolute Gasteiger partial charge is 0.505 e. The summed E-state index contributed by atoms with van der Waals surface area (Å²) in [5.74, 6) is -0.848. The molecule has 0 radical (unpaired) electrons. The van der Waals surface area contributed by atoms with Crippen LogP contribution in [0.25, 0.3) is 0 Å². The molecule has 0 amide bonds. The molecule has 4 nitrogen and oxygen atoms in total. The first-order valence-corrected chi connectivity index (χ1v) is 7.53. The van der Waals surface area contributed by atoms with Crippen LogP contribution in [-0.4, -0.2) is 40.7 Å². The number of halogens is 1. The van der Waals surface area contributed by atoms with Crippen molar-refractivity contribution in [1.82, 2.24) is 15.2 Å². The molecule has 1 unspecified atom stereocenters. The maximum absolute atomic E-state index is 13.1. The van der Waals surface area contributed by atoms with Crippen LogP contribution in [0.5, 0.6) is 5.75 Å². The van der Waals surface area contributed by atoms with Gasteiger partial charge in [-0.05, 0) is 35.7 Å². The van der Waals surface area contributed by atoms with Crippen molar-refractivity contribution in [2.75, 3.05) is 19.6 Å². The summed E-state index contributed by atoms with van der Waals surface area (Å²) in [6, 6.07) is 8.91. The number of hydrogen-bond donors (Lipinski definition) is 2. The van der Waals surface area contributed by atoms with Gasteiger partial charge in [0.05, 0.1) is 0 Å². The van der Waals surface area contributed by atoms with Crippen molar-refractivity contribution in [2.24, 2.45) is 0 Å².